The van der Waals surface area contributed by atoms with Gasteiger partial charge in [0.05, 0.1) is 18.8 Å². The zero-order chi connectivity index (χ0) is 23.5. The lowest BCUT2D eigenvalue weighted by Crippen LogP contribution is -2.33. The molecule has 0 saturated carbocycles. The van der Waals surface area contributed by atoms with Crippen molar-refractivity contribution in [2.24, 2.45) is 0 Å². The highest BCUT2D eigenvalue weighted by atomic mass is 19.1. The quantitative estimate of drug-likeness (QED) is 0.605. The highest BCUT2D eigenvalue weighted by Crippen LogP contribution is 2.34. The lowest BCUT2D eigenvalue weighted by atomic mass is 9.85. The van der Waals surface area contributed by atoms with E-state index in [1.807, 2.05) is 31.2 Å². The minimum atomic E-state index is -0.540. The fourth-order valence-electron chi connectivity index (χ4n) is 3.89. The molecule has 0 radical (unpaired) electrons. The third-order valence-electron chi connectivity index (χ3n) is 5.74. The number of nitrogens with zero attached hydrogens (tertiary/aromatic N) is 3. The van der Waals surface area contributed by atoms with Gasteiger partial charge in [-0.05, 0) is 42.3 Å². The molecule has 1 atom stereocenters. The first kappa shape index (κ1) is 22.4. The van der Waals surface area contributed by atoms with Gasteiger partial charge in [0.1, 0.15) is 5.82 Å². The second-order valence-electron chi connectivity index (χ2n) is 8.07. The molecule has 3 aromatic rings. The number of nitrogens with one attached hydrogen (secondary N) is 1. The Hall–Kier alpha value is -3.78. The van der Waals surface area contributed by atoms with Crippen molar-refractivity contribution in [3.8, 4) is 11.3 Å². The van der Waals surface area contributed by atoms with Crippen molar-refractivity contribution in [1.29, 1.82) is 0 Å². The fraction of sp³-hybridized carbons (Fsp3) is 0.240. The van der Waals surface area contributed by atoms with Crippen LogP contribution in [0.25, 0.3) is 11.3 Å². The second kappa shape index (κ2) is 9.38. The number of carbonyl (C=O) groups excluding carboxylic acids is 2. The summed E-state index contributed by atoms with van der Waals surface area (Å²) in [5.74, 6) is -1.45. The highest BCUT2D eigenvalue weighted by molar-refractivity contribution is 6.07. The largest absolute Gasteiger partial charge is 0.394 e. The molecule has 1 aliphatic heterocycles. The average molecular weight is 448 g/mol. The molecule has 1 aromatic heterocycles. The van der Waals surface area contributed by atoms with E-state index in [4.69, 9.17) is 5.11 Å². The molecule has 2 amide bonds. The van der Waals surface area contributed by atoms with Crippen molar-refractivity contribution in [2.75, 3.05) is 19.0 Å². The molecular weight excluding hydrogens is 423 g/mol. The van der Waals surface area contributed by atoms with E-state index in [1.54, 1.807) is 30.1 Å². The maximum Gasteiger partial charge on any atom is 0.253 e. The predicted octanol–water partition coefficient (Wildman–Crippen LogP) is 3.46. The molecule has 4 rings (SSSR count). The van der Waals surface area contributed by atoms with E-state index >= 15 is 0 Å². The summed E-state index contributed by atoms with van der Waals surface area (Å²) in [6, 6.07) is 13.5. The monoisotopic (exact) mass is 448 g/mol. The number of aryl methyl sites for hydroxylation is 1. The lowest BCUT2D eigenvalue weighted by Gasteiger charge is -2.28. The van der Waals surface area contributed by atoms with E-state index < -0.39 is 11.7 Å². The van der Waals surface area contributed by atoms with Crippen LogP contribution >= 0.6 is 0 Å². The molecule has 2 N–H and O–H groups in total. The van der Waals surface area contributed by atoms with Crippen molar-refractivity contribution in [1.82, 2.24) is 14.7 Å². The van der Waals surface area contributed by atoms with Crippen LogP contribution in [0.5, 0.6) is 0 Å². The van der Waals surface area contributed by atoms with Crippen molar-refractivity contribution >= 4 is 17.5 Å². The van der Waals surface area contributed by atoms with Gasteiger partial charge in [0.25, 0.3) is 5.91 Å². The lowest BCUT2D eigenvalue weighted by molar-refractivity contribution is -0.128. The second-order valence-corrected chi connectivity index (χ2v) is 8.07. The van der Waals surface area contributed by atoms with Gasteiger partial charge < -0.3 is 15.3 Å². The summed E-state index contributed by atoms with van der Waals surface area (Å²) in [6.45, 7) is 2.28. The standard InChI is InChI=1S/C25H25FN4O3/c1-16-6-7-18(22-8-9-30(28-22)10-11-31)13-23(16)27-25(33)21-15-29(2)24(32)14-20(21)17-4-3-5-19(26)12-17/h3-9,12-13,15,20,31H,10-11,14H2,1-2H3,(H,27,33). The van der Waals surface area contributed by atoms with Crippen LogP contribution in [0.4, 0.5) is 10.1 Å². The number of hydrogen-bond acceptors (Lipinski definition) is 4. The molecule has 2 aromatic carbocycles. The summed E-state index contributed by atoms with van der Waals surface area (Å²) in [6.07, 6.45) is 3.39. The third kappa shape index (κ3) is 4.85. The van der Waals surface area contributed by atoms with Crippen LogP contribution in [-0.4, -0.2) is 45.3 Å². The number of amides is 2. The first-order valence-electron chi connectivity index (χ1n) is 10.6. The number of benzene rings is 2. The summed E-state index contributed by atoms with van der Waals surface area (Å²) in [4.78, 5) is 27.0. The molecular formula is C25H25FN4O3. The number of aromatic nitrogens is 2. The van der Waals surface area contributed by atoms with Crippen LogP contribution in [0, 0.1) is 12.7 Å². The summed E-state index contributed by atoms with van der Waals surface area (Å²) in [5, 5.41) is 16.5. The number of aliphatic hydroxyl groups is 1. The molecule has 170 valence electrons. The first-order chi connectivity index (χ1) is 15.9. The molecule has 0 spiro atoms. The van der Waals surface area contributed by atoms with Gasteiger partial charge >= 0.3 is 0 Å². The number of rotatable bonds is 6. The summed E-state index contributed by atoms with van der Waals surface area (Å²) in [5.41, 5.74) is 3.99. The normalized spacial score (nSPS) is 16.0. The summed E-state index contributed by atoms with van der Waals surface area (Å²) in [7, 11) is 1.60. The Balaban J connectivity index is 1.63. The van der Waals surface area contributed by atoms with Crippen molar-refractivity contribution < 1.29 is 19.1 Å². The van der Waals surface area contributed by atoms with Gasteiger partial charge in [0.15, 0.2) is 0 Å². The van der Waals surface area contributed by atoms with Crippen LogP contribution in [0.15, 0.2) is 66.5 Å². The number of hydrogen-bond donors (Lipinski definition) is 2. The van der Waals surface area contributed by atoms with Crippen molar-refractivity contribution in [3.63, 3.8) is 0 Å². The maximum atomic E-state index is 13.8. The smallest absolute Gasteiger partial charge is 0.253 e. The van der Waals surface area contributed by atoms with Gasteiger partial charge in [-0.1, -0.05) is 24.3 Å². The van der Waals surface area contributed by atoms with E-state index in [0.29, 0.717) is 23.4 Å². The zero-order valence-corrected chi connectivity index (χ0v) is 18.5. The van der Waals surface area contributed by atoms with Crippen LogP contribution in [-0.2, 0) is 16.1 Å². The molecule has 0 saturated heterocycles. The van der Waals surface area contributed by atoms with Gasteiger partial charge in [-0.25, -0.2) is 4.39 Å². The molecule has 0 bridgehead atoms. The maximum absolute atomic E-state index is 13.8. The summed E-state index contributed by atoms with van der Waals surface area (Å²) < 4.78 is 15.5. The highest BCUT2D eigenvalue weighted by Gasteiger charge is 2.31. The first-order valence-corrected chi connectivity index (χ1v) is 10.6. The fourth-order valence-corrected chi connectivity index (χ4v) is 3.89. The van der Waals surface area contributed by atoms with Crippen molar-refractivity contribution in [3.05, 3.63) is 83.4 Å². The van der Waals surface area contributed by atoms with Crippen LogP contribution in [0.3, 0.4) is 0 Å². The van der Waals surface area contributed by atoms with Gasteiger partial charge in [-0.15, -0.1) is 0 Å². The van der Waals surface area contributed by atoms with E-state index in [9.17, 15) is 14.0 Å². The summed E-state index contributed by atoms with van der Waals surface area (Å²) >= 11 is 0. The molecule has 2 heterocycles. The van der Waals surface area contributed by atoms with E-state index in [0.717, 1.165) is 16.8 Å². The van der Waals surface area contributed by atoms with Crippen molar-refractivity contribution in [2.45, 2.75) is 25.8 Å². The topological polar surface area (TPSA) is 87.5 Å². The average Bonchev–Trinajstić information content (AvgIpc) is 3.25. The Morgan fingerprint density at radius 1 is 1.24 bits per heavy atom. The molecule has 8 heteroatoms. The zero-order valence-electron chi connectivity index (χ0n) is 18.5. The molecule has 1 aliphatic rings. The predicted molar refractivity (Wildman–Crippen MR) is 123 cm³/mol. The molecule has 0 aliphatic carbocycles. The molecule has 7 nitrogen and oxygen atoms in total. The minimum absolute atomic E-state index is 0.00509. The molecule has 0 fully saturated rings. The Kier molecular flexibility index (Phi) is 6.37. The Morgan fingerprint density at radius 3 is 2.82 bits per heavy atom. The van der Waals surface area contributed by atoms with Gasteiger partial charge in [-0.3, -0.25) is 14.3 Å². The Labute approximate surface area is 191 Å². The van der Waals surface area contributed by atoms with Gasteiger partial charge in [-0.2, -0.15) is 5.10 Å². The van der Waals surface area contributed by atoms with Crippen LogP contribution in [0.2, 0.25) is 0 Å². The number of anilines is 1. The van der Waals surface area contributed by atoms with Gasteiger partial charge in [0.2, 0.25) is 5.91 Å². The number of halogens is 1. The third-order valence-corrected chi connectivity index (χ3v) is 5.74. The minimum Gasteiger partial charge on any atom is -0.394 e. The van der Waals surface area contributed by atoms with Crippen LogP contribution < -0.4 is 5.32 Å². The Morgan fingerprint density at radius 2 is 2.06 bits per heavy atom. The molecule has 33 heavy (non-hydrogen) atoms. The number of aliphatic hydroxyl groups excluding tert-OH is 1. The van der Waals surface area contributed by atoms with E-state index in [1.165, 1.54) is 23.2 Å². The molecule has 1 unspecified atom stereocenters. The van der Waals surface area contributed by atoms with Gasteiger partial charge in [0, 0.05) is 48.6 Å². The Bertz CT molecular complexity index is 1230. The SMILES string of the molecule is Cc1ccc(-c2ccn(CCO)n2)cc1NC(=O)C1=CN(C)C(=O)CC1c1cccc(F)c1. The number of carbonyl (C=O) groups is 2. The van der Waals surface area contributed by atoms with Crippen LogP contribution in [0.1, 0.15) is 23.5 Å². The van der Waals surface area contributed by atoms with E-state index in [-0.39, 0.29) is 24.8 Å². The van der Waals surface area contributed by atoms with E-state index in [2.05, 4.69) is 10.4 Å².